The second-order valence-electron chi connectivity index (χ2n) is 7.47. The second kappa shape index (κ2) is 6.26. The zero-order valence-electron chi connectivity index (χ0n) is 14.1. The van der Waals surface area contributed by atoms with Gasteiger partial charge in [-0.1, -0.05) is 19.3 Å². The maximum absolute atomic E-state index is 12.7. The monoisotopic (exact) mass is 334 g/mol. The van der Waals surface area contributed by atoms with Gasteiger partial charge in [0, 0.05) is 25.7 Å². The number of urea groups is 1. The Labute approximate surface area is 142 Å². The van der Waals surface area contributed by atoms with E-state index >= 15 is 0 Å². The highest BCUT2D eigenvalue weighted by atomic mass is 16.2. The van der Waals surface area contributed by atoms with Gasteiger partial charge in [0.15, 0.2) is 0 Å². The summed E-state index contributed by atoms with van der Waals surface area (Å²) in [5.74, 6) is 0.0942. The van der Waals surface area contributed by atoms with Crippen LogP contribution in [0.4, 0.5) is 4.79 Å². The van der Waals surface area contributed by atoms with E-state index in [0.29, 0.717) is 26.2 Å². The SMILES string of the molecule is O=C(NC1CCCCC1)N1CCN2C(=O)[C@@H]3CCCN3C(=O)[C@@H]2C1. The van der Waals surface area contributed by atoms with E-state index in [1.54, 1.807) is 14.7 Å². The van der Waals surface area contributed by atoms with Crippen LogP contribution in [0.15, 0.2) is 0 Å². The van der Waals surface area contributed by atoms with E-state index in [1.165, 1.54) is 19.3 Å². The summed E-state index contributed by atoms with van der Waals surface area (Å²) in [4.78, 5) is 43.0. The molecule has 1 N–H and O–H groups in total. The number of nitrogens with one attached hydrogen (secondary N) is 1. The standard InChI is InChI=1S/C17H26N4O3/c22-15-13-7-4-8-20(13)16(23)14-11-19(9-10-21(14)15)17(24)18-12-5-2-1-3-6-12/h12-14H,1-11H2,(H,18,24)/t13-,14-/m0/s1. The van der Waals surface area contributed by atoms with Crippen molar-refractivity contribution in [1.29, 1.82) is 0 Å². The first-order chi connectivity index (χ1) is 11.6. The molecule has 3 heterocycles. The summed E-state index contributed by atoms with van der Waals surface area (Å²) in [5.41, 5.74) is 0. The van der Waals surface area contributed by atoms with Gasteiger partial charge < -0.3 is 20.0 Å². The van der Waals surface area contributed by atoms with E-state index in [2.05, 4.69) is 5.32 Å². The lowest BCUT2D eigenvalue weighted by atomic mass is 9.95. The highest BCUT2D eigenvalue weighted by Gasteiger charge is 2.50. The van der Waals surface area contributed by atoms with Crippen molar-refractivity contribution in [2.75, 3.05) is 26.2 Å². The van der Waals surface area contributed by atoms with Crippen LogP contribution < -0.4 is 5.32 Å². The average molecular weight is 334 g/mol. The molecule has 0 unspecified atom stereocenters. The molecule has 132 valence electrons. The minimum atomic E-state index is -0.488. The first-order valence-electron chi connectivity index (χ1n) is 9.31. The van der Waals surface area contributed by atoms with Crippen molar-refractivity contribution in [3.05, 3.63) is 0 Å². The Morgan fingerprint density at radius 2 is 1.54 bits per heavy atom. The highest BCUT2D eigenvalue weighted by molar-refractivity contribution is 5.98. The molecule has 0 radical (unpaired) electrons. The van der Waals surface area contributed by atoms with Crippen LogP contribution in [-0.2, 0) is 9.59 Å². The van der Waals surface area contributed by atoms with Crippen molar-refractivity contribution in [1.82, 2.24) is 20.0 Å². The van der Waals surface area contributed by atoms with Crippen LogP contribution in [-0.4, -0.2) is 76.8 Å². The van der Waals surface area contributed by atoms with Crippen molar-refractivity contribution in [3.8, 4) is 0 Å². The Hall–Kier alpha value is -1.79. The van der Waals surface area contributed by atoms with Crippen molar-refractivity contribution in [3.63, 3.8) is 0 Å². The van der Waals surface area contributed by atoms with E-state index in [4.69, 9.17) is 0 Å². The lowest BCUT2D eigenvalue weighted by Gasteiger charge is -2.47. The lowest BCUT2D eigenvalue weighted by Crippen LogP contribution is -2.69. The van der Waals surface area contributed by atoms with Gasteiger partial charge in [0.2, 0.25) is 11.8 Å². The number of piperazine rings is 2. The van der Waals surface area contributed by atoms with E-state index in [1.807, 2.05) is 0 Å². The van der Waals surface area contributed by atoms with Gasteiger partial charge >= 0.3 is 6.03 Å². The van der Waals surface area contributed by atoms with Gasteiger partial charge in [-0.2, -0.15) is 0 Å². The van der Waals surface area contributed by atoms with Crippen LogP contribution in [0.2, 0.25) is 0 Å². The first kappa shape index (κ1) is 15.7. The number of rotatable bonds is 1. The van der Waals surface area contributed by atoms with Crippen molar-refractivity contribution < 1.29 is 14.4 Å². The summed E-state index contributed by atoms with van der Waals surface area (Å²) in [7, 11) is 0. The molecule has 4 fully saturated rings. The summed E-state index contributed by atoms with van der Waals surface area (Å²) in [6.45, 7) is 1.98. The Morgan fingerprint density at radius 1 is 0.833 bits per heavy atom. The summed E-state index contributed by atoms with van der Waals surface area (Å²) in [5, 5.41) is 3.12. The minimum Gasteiger partial charge on any atom is -0.335 e. The van der Waals surface area contributed by atoms with Gasteiger partial charge in [-0.25, -0.2) is 4.79 Å². The molecular weight excluding hydrogens is 308 g/mol. The lowest BCUT2D eigenvalue weighted by molar-refractivity contribution is -0.162. The van der Waals surface area contributed by atoms with Crippen molar-refractivity contribution in [2.24, 2.45) is 0 Å². The molecule has 1 saturated carbocycles. The maximum Gasteiger partial charge on any atom is 0.317 e. The normalized spacial score (nSPS) is 31.1. The minimum absolute atomic E-state index is 0.0206. The van der Waals surface area contributed by atoms with Crippen LogP contribution in [0, 0.1) is 0 Å². The first-order valence-corrected chi connectivity index (χ1v) is 9.31. The van der Waals surface area contributed by atoms with Crippen LogP contribution in [0.3, 0.4) is 0 Å². The highest BCUT2D eigenvalue weighted by Crippen LogP contribution is 2.29. The summed E-state index contributed by atoms with van der Waals surface area (Å²) in [6, 6.07) is -0.560. The molecule has 0 aromatic rings. The quantitative estimate of drug-likeness (QED) is 0.761. The van der Waals surface area contributed by atoms with E-state index in [9.17, 15) is 14.4 Å². The third kappa shape index (κ3) is 2.63. The number of hydrogen-bond donors (Lipinski definition) is 1. The molecule has 7 nitrogen and oxygen atoms in total. The fraction of sp³-hybridized carbons (Fsp3) is 0.824. The van der Waals surface area contributed by atoms with E-state index in [-0.39, 0.29) is 29.9 Å². The number of carbonyl (C=O) groups is 3. The fourth-order valence-electron chi connectivity index (χ4n) is 4.63. The third-order valence-electron chi connectivity index (χ3n) is 5.99. The Morgan fingerprint density at radius 3 is 2.33 bits per heavy atom. The molecular formula is C17H26N4O3. The van der Waals surface area contributed by atoms with Gasteiger partial charge in [0.1, 0.15) is 12.1 Å². The molecule has 0 aromatic carbocycles. The Kier molecular flexibility index (Phi) is 4.10. The predicted octanol–water partition coefficient (Wildman–Crippen LogP) is 0.546. The molecule has 4 amide bonds. The van der Waals surface area contributed by atoms with Crippen molar-refractivity contribution in [2.45, 2.75) is 63.1 Å². The summed E-state index contributed by atoms with van der Waals surface area (Å²) < 4.78 is 0. The number of nitrogens with zero attached hydrogens (tertiary/aromatic N) is 3. The summed E-state index contributed by atoms with van der Waals surface area (Å²) >= 11 is 0. The molecule has 3 aliphatic heterocycles. The molecule has 2 atom stereocenters. The zero-order valence-corrected chi connectivity index (χ0v) is 14.1. The van der Waals surface area contributed by atoms with Crippen molar-refractivity contribution >= 4 is 17.8 Å². The molecule has 1 aliphatic carbocycles. The van der Waals surface area contributed by atoms with Gasteiger partial charge in [0.05, 0.1) is 6.54 Å². The topological polar surface area (TPSA) is 73.0 Å². The molecule has 4 aliphatic rings. The number of amides is 4. The van der Waals surface area contributed by atoms with Gasteiger partial charge in [-0.3, -0.25) is 9.59 Å². The Bertz CT molecular complexity index is 546. The van der Waals surface area contributed by atoms with Crippen LogP contribution in [0.25, 0.3) is 0 Å². The fourth-order valence-corrected chi connectivity index (χ4v) is 4.63. The molecule has 4 rings (SSSR count). The van der Waals surface area contributed by atoms with Crippen LogP contribution in [0.5, 0.6) is 0 Å². The average Bonchev–Trinajstić information content (AvgIpc) is 3.10. The molecule has 0 bridgehead atoms. The van der Waals surface area contributed by atoms with Crippen LogP contribution in [0.1, 0.15) is 44.9 Å². The zero-order chi connectivity index (χ0) is 16.7. The third-order valence-corrected chi connectivity index (χ3v) is 5.99. The Balaban J connectivity index is 1.41. The predicted molar refractivity (Wildman–Crippen MR) is 87.2 cm³/mol. The van der Waals surface area contributed by atoms with Gasteiger partial charge in [-0.05, 0) is 25.7 Å². The molecule has 24 heavy (non-hydrogen) atoms. The summed E-state index contributed by atoms with van der Waals surface area (Å²) in [6.07, 6.45) is 7.36. The molecule has 0 spiro atoms. The smallest absolute Gasteiger partial charge is 0.317 e. The number of hydrogen-bond acceptors (Lipinski definition) is 3. The van der Waals surface area contributed by atoms with E-state index in [0.717, 1.165) is 25.7 Å². The number of fused-ring (bicyclic) bond motifs is 2. The van der Waals surface area contributed by atoms with Gasteiger partial charge in [0.25, 0.3) is 0 Å². The largest absolute Gasteiger partial charge is 0.335 e. The molecule has 3 saturated heterocycles. The molecule has 0 aromatic heterocycles. The van der Waals surface area contributed by atoms with Gasteiger partial charge in [-0.15, -0.1) is 0 Å². The molecule has 7 heteroatoms. The second-order valence-corrected chi connectivity index (χ2v) is 7.47. The van der Waals surface area contributed by atoms with E-state index < -0.39 is 6.04 Å². The maximum atomic E-state index is 12.7. The number of carbonyl (C=O) groups excluding carboxylic acids is 3. The van der Waals surface area contributed by atoms with Crippen LogP contribution >= 0.6 is 0 Å².